The molecule has 2 atom stereocenters. The van der Waals surface area contributed by atoms with Crippen LogP contribution in [0.1, 0.15) is 27.5 Å². The van der Waals surface area contributed by atoms with Gasteiger partial charge in [0, 0.05) is 29.3 Å². The topological polar surface area (TPSA) is 91.3 Å². The van der Waals surface area contributed by atoms with Crippen molar-refractivity contribution in [3.8, 4) is 11.1 Å². The Labute approximate surface area is 273 Å². The summed E-state index contributed by atoms with van der Waals surface area (Å²) in [7, 11) is 0. The third-order valence-corrected chi connectivity index (χ3v) is 7.79. The summed E-state index contributed by atoms with van der Waals surface area (Å²) in [6, 6.07) is 12.0. The summed E-state index contributed by atoms with van der Waals surface area (Å²) in [5, 5.41) is 14.5. The molecule has 1 aromatic heterocycles. The van der Waals surface area contributed by atoms with Crippen molar-refractivity contribution >= 4 is 51.7 Å². The Kier molecular flexibility index (Phi) is 9.64. The molecule has 6 nitrogen and oxygen atoms in total. The highest BCUT2D eigenvalue weighted by atomic mass is 35.5. The summed E-state index contributed by atoms with van der Waals surface area (Å²) in [6.07, 6.45) is -3.81. The van der Waals surface area contributed by atoms with E-state index in [4.69, 9.17) is 23.2 Å². The molecule has 242 valence electrons. The Bertz CT molecular complexity index is 1950. The van der Waals surface area contributed by atoms with Crippen LogP contribution in [0.5, 0.6) is 0 Å². The Morgan fingerprint density at radius 1 is 0.872 bits per heavy atom. The number of anilines is 1. The van der Waals surface area contributed by atoms with E-state index in [1.54, 1.807) is 18.2 Å². The quantitative estimate of drug-likeness (QED) is 0.135. The van der Waals surface area contributed by atoms with E-state index < -0.39 is 65.3 Å². The first-order chi connectivity index (χ1) is 22.2. The Morgan fingerprint density at radius 3 is 2.11 bits per heavy atom. The molecule has 0 aliphatic carbocycles. The van der Waals surface area contributed by atoms with E-state index >= 15 is 8.78 Å². The monoisotopic (exact) mass is 691 g/mol. The molecule has 1 amide bonds. The number of rotatable bonds is 9. The zero-order valence-electron chi connectivity index (χ0n) is 23.7. The highest BCUT2D eigenvalue weighted by Gasteiger charge is 2.41. The van der Waals surface area contributed by atoms with E-state index in [1.165, 1.54) is 42.6 Å². The Morgan fingerprint density at radius 2 is 1.51 bits per heavy atom. The zero-order valence-corrected chi connectivity index (χ0v) is 25.2. The number of halogens is 8. The number of benzene rings is 4. The average Bonchev–Trinajstić information content (AvgIpc) is 2.99. The van der Waals surface area contributed by atoms with Gasteiger partial charge in [-0.3, -0.25) is 9.78 Å². The molecule has 4 aromatic carbocycles. The lowest BCUT2D eigenvalue weighted by molar-refractivity contribution is -0.144. The predicted molar refractivity (Wildman–Crippen MR) is 165 cm³/mol. The molecule has 0 radical (unpaired) electrons. The van der Waals surface area contributed by atoms with Gasteiger partial charge in [-0.2, -0.15) is 13.2 Å². The van der Waals surface area contributed by atoms with Crippen molar-refractivity contribution < 1.29 is 41.0 Å². The first-order valence-corrected chi connectivity index (χ1v) is 14.4. The summed E-state index contributed by atoms with van der Waals surface area (Å²) in [5.41, 5.74) is -0.651. The number of amides is 1. The first kappa shape index (κ1) is 33.6. The lowest BCUT2D eigenvalue weighted by Gasteiger charge is -2.23. The molecule has 0 aliphatic heterocycles. The summed E-state index contributed by atoms with van der Waals surface area (Å²) >= 11 is 12.5. The van der Waals surface area contributed by atoms with Crippen LogP contribution >= 0.6 is 23.2 Å². The number of hydrogen-bond acceptors (Lipinski definition) is 4. The van der Waals surface area contributed by atoms with Gasteiger partial charge in [-0.15, -0.1) is 0 Å². The van der Waals surface area contributed by atoms with Crippen LogP contribution in [0.3, 0.4) is 0 Å². The summed E-state index contributed by atoms with van der Waals surface area (Å²) in [5.74, 6) is -6.70. The highest BCUT2D eigenvalue weighted by Crippen LogP contribution is 2.40. The van der Waals surface area contributed by atoms with Crippen molar-refractivity contribution in [3.05, 3.63) is 129 Å². The van der Waals surface area contributed by atoms with Crippen molar-refractivity contribution in [3.63, 3.8) is 0 Å². The van der Waals surface area contributed by atoms with Gasteiger partial charge in [-0.25, -0.2) is 18.0 Å². The van der Waals surface area contributed by atoms with Gasteiger partial charge in [0.25, 0.3) is 5.91 Å². The summed E-state index contributed by atoms with van der Waals surface area (Å²) in [4.78, 5) is 29.5. The van der Waals surface area contributed by atoms with Crippen LogP contribution in [0.15, 0.2) is 85.1 Å². The molecule has 0 spiro atoms. The summed E-state index contributed by atoms with van der Waals surface area (Å²) < 4.78 is 85.2. The van der Waals surface area contributed by atoms with E-state index in [9.17, 15) is 32.3 Å². The molecular formula is C33H21Cl2F6N3O3. The number of nitrogens with zero attached hydrogens (tertiary/aromatic N) is 1. The third kappa shape index (κ3) is 7.28. The highest BCUT2D eigenvalue weighted by molar-refractivity contribution is 6.39. The van der Waals surface area contributed by atoms with Crippen LogP contribution < -0.4 is 10.6 Å². The van der Waals surface area contributed by atoms with Crippen LogP contribution in [0.4, 0.5) is 32.0 Å². The molecule has 47 heavy (non-hydrogen) atoms. The maximum atomic E-state index is 15.1. The molecule has 0 saturated heterocycles. The fourth-order valence-corrected chi connectivity index (χ4v) is 5.77. The zero-order chi connectivity index (χ0) is 34.0. The van der Waals surface area contributed by atoms with Crippen LogP contribution in [-0.2, 0) is 11.2 Å². The fraction of sp³-hybridized carbons (Fsp3) is 0.121. The van der Waals surface area contributed by atoms with Crippen molar-refractivity contribution in [1.82, 2.24) is 10.3 Å². The van der Waals surface area contributed by atoms with Gasteiger partial charge in [0.05, 0.1) is 15.6 Å². The van der Waals surface area contributed by atoms with Gasteiger partial charge in [-0.1, -0.05) is 71.7 Å². The number of carbonyl (C=O) groups excluding carboxylic acids is 1. The lowest BCUT2D eigenvalue weighted by Crippen LogP contribution is -2.43. The molecule has 5 rings (SSSR count). The van der Waals surface area contributed by atoms with E-state index in [0.717, 1.165) is 12.1 Å². The minimum atomic E-state index is -4.84. The number of aliphatic carboxylic acids is 1. The van der Waals surface area contributed by atoms with Gasteiger partial charge in [0.1, 0.15) is 35.1 Å². The molecule has 1 unspecified atom stereocenters. The van der Waals surface area contributed by atoms with Gasteiger partial charge >= 0.3 is 12.1 Å². The standard InChI is InChI=1S/C33H21Cl2F6N3O3/c34-22-12-18(36)13-23(35)27(22)20-9-8-17(29-21(20)7-4-10-42-29)11-26(32(46)47)44-31(45)28-24(37)14-19(15-25(28)38)43-30(33(39,40)41)16-5-2-1-3-6-16/h1-10,12-15,26,30,43H,11H2,(H,44,45)(H,46,47)/t26?,30-/m1/s1. The van der Waals surface area contributed by atoms with Gasteiger partial charge in [-0.05, 0) is 47.0 Å². The fourth-order valence-electron chi connectivity index (χ4n) is 5.10. The number of fused-ring (bicyclic) bond motifs is 1. The minimum Gasteiger partial charge on any atom is -0.480 e. The summed E-state index contributed by atoms with van der Waals surface area (Å²) in [6.45, 7) is 0. The molecule has 0 aliphatic rings. The number of carboxylic acid groups (broad SMARTS) is 1. The number of nitrogens with one attached hydrogen (secondary N) is 2. The number of hydrogen-bond donors (Lipinski definition) is 3. The predicted octanol–water partition coefficient (Wildman–Crippen LogP) is 8.77. The number of alkyl halides is 3. The van der Waals surface area contributed by atoms with Crippen LogP contribution in [-0.4, -0.2) is 34.2 Å². The number of carbonyl (C=O) groups is 2. The minimum absolute atomic E-state index is 0.0165. The van der Waals surface area contributed by atoms with Crippen LogP contribution in [0, 0.1) is 17.5 Å². The lowest BCUT2D eigenvalue weighted by atomic mass is 9.95. The largest absolute Gasteiger partial charge is 0.480 e. The SMILES string of the molecule is O=C(NC(Cc1ccc(-c2c(Cl)cc(F)cc2Cl)c2cccnc12)C(=O)O)c1c(F)cc(N[C@H](c2ccccc2)C(F)(F)F)cc1F. The molecule has 14 heteroatoms. The van der Waals surface area contributed by atoms with Gasteiger partial charge in [0.15, 0.2) is 0 Å². The van der Waals surface area contributed by atoms with Crippen molar-refractivity contribution in [2.45, 2.75) is 24.7 Å². The second-order valence-electron chi connectivity index (χ2n) is 10.3. The first-order valence-electron chi connectivity index (χ1n) is 13.7. The molecular weight excluding hydrogens is 671 g/mol. The van der Waals surface area contributed by atoms with Gasteiger partial charge in [0.2, 0.25) is 0 Å². The molecule has 0 saturated carbocycles. The normalized spacial score (nSPS) is 12.9. The molecule has 3 N–H and O–H groups in total. The number of pyridine rings is 1. The van der Waals surface area contributed by atoms with Crippen LogP contribution in [0.25, 0.3) is 22.0 Å². The van der Waals surface area contributed by atoms with E-state index in [2.05, 4.69) is 10.3 Å². The maximum absolute atomic E-state index is 15.1. The molecule has 5 aromatic rings. The van der Waals surface area contributed by atoms with E-state index in [-0.39, 0.29) is 21.1 Å². The van der Waals surface area contributed by atoms with Crippen molar-refractivity contribution in [2.24, 2.45) is 0 Å². The van der Waals surface area contributed by atoms with Crippen molar-refractivity contribution in [2.75, 3.05) is 5.32 Å². The molecule has 0 fully saturated rings. The van der Waals surface area contributed by atoms with E-state index in [1.807, 2.05) is 5.32 Å². The maximum Gasteiger partial charge on any atom is 0.412 e. The Hall–Kier alpha value is -4.81. The van der Waals surface area contributed by atoms with Gasteiger partial charge < -0.3 is 15.7 Å². The number of aromatic nitrogens is 1. The van der Waals surface area contributed by atoms with Crippen LogP contribution in [0.2, 0.25) is 10.0 Å². The second-order valence-corrected chi connectivity index (χ2v) is 11.1. The third-order valence-electron chi connectivity index (χ3n) is 7.20. The average molecular weight is 692 g/mol. The molecule has 1 heterocycles. The van der Waals surface area contributed by atoms with Crippen molar-refractivity contribution in [1.29, 1.82) is 0 Å². The van der Waals surface area contributed by atoms with E-state index in [0.29, 0.717) is 34.2 Å². The Balaban J connectivity index is 1.42. The molecule has 0 bridgehead atoms. The second kappa shape index (κ2) is 13.5. The number of carboxylic acids is 1. The smallest absolute Gasteiger partial charge is 0.412 e.